The fourth-order valence-electron chi connectivity index (χ4n) is 0.873. The number of esters is 1. The van der Waals surface area contributed by atoms with Crippen LogP contribution in [0.2, 0.25) is 0 Å². The molecule has 0 radical (unpaired) electrons. The number of unbranched alkanes of at least 4 members (excludes halogenated alkanes) is 2. The third kappa shape index (κ3) is 9.00. The summed E-state index contributed by atoms with van der Waals surface area (Å²) in [6, 6.07) is 0. The summed E-state index contributed by atoms with van der Waals surface area (Å²) in [7, 11) is 0. The molecule has 0 aromatic carbocycles. The smallest absolute Gasteiger partial charge is 0.330 e. The average molecular weight is 198 g/mol. The third-order valence-electron chi connectivity index (χ3n) is 1.55. The Bertz CT molecular complexity index is 195. The minimum atomic E-state index is -0.312. The first-order chi connectivity index (χ1) is 6.81. The second-order valence-electron chi connectivity index (χ2n) is 2.76. The van der Waals surface area contributed by atoms with Gasteiger partial charge in [-0.3, -0.25) is 0 Å². The van der Waals surface area contributed by atoms with Crippen LogP contribution in [0.4, 0.5) is 0 Å². The van der Waals surface area contributed by atoms with Gasteiger partial charge in [-0.25, -0.2) is 4.79 Å². The van der Waals surface area contributed by atoms with Crippen molar-refractivity contribution >= 4 is 5.97 Å². The molecule has 0 aromatic rings. The van der Waals surface area contributed by atoms with E-state index in [9.17, 15) is 4.79 Å². The van der Waals surface area contributed by atoms with Crippen molar-refractivity contribution < 1.29 is 14.6 Å². The summed E-state index contributed by atoms with van der Waals surface area (Å²) in [6.45, 7) is 2.42. The van der Waals surface area contributed by atoms with E-state index < -0.39 is 0 Å². The maximum Gasteiger partial charge on any atom is 0.330 e. The first-order valence-electron chi connectivity index (χ1n) is 4.92. The van der Waals surface area contributed by atoms with Crippen LogP contribution in [0.25, 0.3) is 0 Å². The Labute approximate surface area is 85.1 Å². The zero-order valence-corrected chi connectivity index (χ0v) is 8.61. The SMILES string of the molecule is CCOC(=O)/C=C/C=C/CCCCO. The number of allylic oxidation sites excluding steroid dienone is 3. The Hall–Kier alpha value is -1.09. The van der Waals surface area contributed by atoms with Crippen molar-refractivity contribution in [1.82, 2.24) is 0 Å². The molecule has 0 atom stereocenters. The van der Waals surface area contributed by atoms with Gasteiger partial charge in [0.25, 0.3) is 0 Å². The molecule has 0 rings (SSSR count). The van der Waals surface area contributed by atoms with Gasteiger partial charge in [-0.15, -0.1) is 0 Å². The number of aliphatic hydroxyl groups is 1. The molecular weight excluding hydrogens is 180 g/mol. The van der Waals surface area contributed by atoms with E-state index in [-0.39, 0.29) is 12.6 Å². The Balaban J connectivity index is 3.45. The molecule has 0 heterocycles. The molecule has 0 aliphatic heterocycles. The van der Waals surface area contributed by atoms with Crippen molar-refractivity contribution in [2.24, 2.45) is 0 Å². The maximum absolute atomic E-state index is 10.8. The molecule has 0 unspecified atom stereocenters. The molecular formula is C11H18O3. The molecule has 3 nitrogen and oxygen atoms in total. The van der Waals surface area contributed by atoms with Gasteiger partial charge in [-0.2, -0.15) is 0 Å². The molecule has 80 valence electrons. The second kappa shape index (κ2) is 9.99. The highest BCUT2D eigenvalue weighted by Crippen LogP contribution is 1.95. The molecule has 0 aromatic heterocycles. The zero-order valence-electron chi connectivity index (χ0n) is 8.61. The molecule has 0 bridgehead atoms. The van der Waals surface area contributed by atoms with E-state index in [1.165, 1.54) is 6.08 Å². The van der Waals surface area contributed by atoms with Crippen LogP contribution in [0.1, 0.15) is 26.2 Å². The van der Waals surface area contributed by atoms with Crippen LogP contribution in [0, 0.1) is 0 Å². The van der Waals surface area contributed by atoms with Crippen molar-refractivity contribution in [2.45, 2.75) is 26.2 Å². The second-order valence-corrected chi connectivity index (χ2v) is 2.76. The molecule has 0 saturated heterocycles. The van der Waals surface area contributed by atoms with Crippen LogP contribution in [-0.4, -0.2) is 24.3 Å². The summed E-state index contributed by atoms with van der Waals surface area (Å²) in [5.74, 6) is -0.312. The van der Waals surface area contributed by atoms with E-state index in [2.05, 4.69) is 0 Å². The van der Waals surface area contributed by atoms with Crippen molar-refractivity contribution in [1.29, 1.82) is 0 Å². The zero-order chi connectivity index (χ0) is 10.6. The van der Waals surface area contributed by atoms with Crippen LogP contribution >= 0.6 is 0 Å². The topological polar surface area (TPSA) is 46.5 Å². The highest BCUT2D eigenvalue weighted by molar-refractivity contribution is 5.82. The molecule has 0 aliphatic carbocycles. The van der Waals surface area contributed by atoms with E-state index in [4.69, 9.17) is 9.84 Å². The molecule has 14 heavy (non-hydrogen) atoms. The van der Waals surface area contributed by atoms with E-state index in [1.807, 2.05) is 12.2 Å². The van der Waals surface area contributed by atoms with Crippen molar-refractivity contribution in [3.05, 3.63) is 24.3 Å². The Morgan fingerprint density at radius 3 is 2.79 bits per heavy atom. The lowest BCUT2D eigenvalue weighted by molar-refractivity contribution is -0.137. The van der Waals surface area contributed by atoms with Gasteiger partial charge in [-0.05, 0) is 26.2 Å². The predicted octanol–water partition coefficient (Wildman–Crippen LogP) is 1.82. The van der Waals surface area contributed by atoms with Gasteiger partial charge in [0.05, 0.1) is 6.61 Å². The largest absolute Gasteiger partial charge is 0.463 e. The lowest BCUT2D eigenvalue weighted by Gasteiger charge is -1.92. The minimum Gasteiger partial charge on any atom is -0.463 e. The Morgan fingerprint density at radius 1 is 1.36 bits per heavy atom. The van der Waals surface area contributed by atoms with Crippen LogP contribution < -0.4 is 0 Å². The number of aliphatic hydroxyl groups excluding tert-OH is 1. The third-order valence-corrected chi connectivity index (χ3v) is 1.55. The minimum absolute atomic E-state index is 0.243. The van der Waals surface area contributed by atoms with Gasteiger partial charge >= 0.3 is 5.97 Å². The molecule has 0 amide bonds. The highest BCUT2D eigenvalue weighted by atomic mass is 16.5. The molecule has 3 heteroatoms. The van der Waals surface area contributed by atoms with Crippen LogP contribution in [0.3, 0.4) is 0 Å². The van der Waals surface area contributed by atoms with Crippen LogP contribution in [0.5, 0.6) is 0 Å². The monoisotopic (exact) mass is 198 g/mol. The summed E-state index contributed by atoms with van der Waals surface area (Å²) >= 11 is 0. The van der Waals surface area contributed by atoms with Gasteiger partial charge < -0.3 is 9.84 Å². The maximum atomic E-state index is 10.8. The Morgan fingerprint density at radius 2 is 2.14 bits per heavy atom. The first kappa shape index (κ1) is 12.9. The summed E-state index contributed by atoms with van der Waals surface area (Å²) in [4.78, 5) is 10.8. The normalized spacial score (nSPS) is 11.3. The molecule has 0 spiro atoms. The average Bonchev–Trinajstić information content (AvgIpc) is 2.17. The van der Waals surface area contributed by atoms with Gasteiger partial charge in [-0.1, -0.05) is 18.2 Å². The molecule has 1 N–H and O–H groups in total. The number of hydrogen-bond donors (Lipinski definition) is 1. The fraction of sp³-hybridized carbons (Fsp3) is 0.545. The highest BCUT2D eigenvalue weighted by Gasteiger charge is 1.89. The summed E-state index contributed by atoms with van der Waals surface area (Å²) in [5, 5.41) is 8.50. The molecule has 0 fully saturated rings. The van der Waals surface area contributed by atoms with E-state index in [1.54, 1.807) is 13.0 Å². The first-order valence-corrected chi connectivity index (χ1v) is 4.92. The summed E-state index contributed by atoms with van der Waals surface area (Å²) < 4.78 is 4.69. The summed E-state index contributed by atoms with van der Waals surface area (Å²) in [6.07, 6.45) is 9.56. The van der Waals surface area contributed by atoms with Crippen molar-refractivity contribution in [3.8, 4) is 0 Å². The number of carbonyl (C=O) groups excluding carboxylic acids is 1. The molecule has 0 aliphatic rings. The van der Waals surface area contributed by atoms with Crippen LogP contribution in [0.15, 0.2) is 24.3 Å². The fourth-order valence-corrected chi connectivity index (χ4v) is 0.873. The number of rotatable bonds is 7. The quantitative estimate of drug-likeness (QED) is 0.294. The van der Waals surface area contributed by atoms with E-state index in [0.29, 0.717) is 6.61 Å². The summed E-state index contributed by atoms with van der Waals surface area (Å²) in [5.41, 5.74) is 0. The van der Waals surface area contributed by atoms with E-state index in [0.717, 1.165) is 19.3 Å². The van der Waals surface area contributed by atoms with Gasteiger partial charge in [0, 0.05) is 12.7 Å². The number of carbonyl (C=O) groups is 1. The van der Waals surface area contributed by atoms with E-state index >= 15 is 0 Å². The molecule has 0 saturated carbocycles. The lowest BCUT2D eigenvalue weighted by atomic mass is 10.2. The number of hydrogen-bond acceptors (Lipinski definition) is 3. The van der Waals surface area contributed by atoms with Gasteiger partial charge in [0.15, 0.2) is 0 Å². The standard InChI is InChI=1S/C11H18O3/c1-2-14-11(13)9-7-5-3-4-6-8-10-12/h3,5,7,9,12H,2,4,6,8,10H2,1H3/b5-3+,9-7+. The van der Waals surface area contributed by atoms with Crippen molar-refractivity contribution in [2.75, 3.05) is 13.2 Å². The van der Waals surface area contributed by atoms with Gasteiger partial charge in [0.2, 0.25) is 0 Å². The lowest BCUT2D eigenvalue weighted by Crippen LogP contribution is -1.98. The predicted molar refractivity (Wildman–Crippen MR) is 55.8 cm³/mol. The van der Waals surface area contributed by atoms with Crippen LogP contribution in [-0.2, 0) is 9.53 Å². The van der Waals surface area contributed by atoms with Gasteiger partial charge in [0.1, 0.15) is 0 Å². The van der Waals surface area contributed by atoms with Crippen molar-refractivity contribution in [3.63, 3.8) is 0 Å². The Kier molecular flexibility index (Phi) is 9.22. The number of ether oxygens (including phenoxy) is 1.